The Morgan fingerprint density at radius 3 is 2.71 bits per heavy atom. The molecule has 0 saturated heterocycles. The van der Waals surface area contributed by atoms with E-state index < -0.39 is 0 Å². The summed E-state index contributed by atoms with van der Waals surface area (Å²) in [6.07, 6.45) is 5.20. The van der Waals surface area contributed by atoms with E-state index in [9.17, 15) is 5.26 Å². The summed E-state index contributed by atoms with van der Waals surface area (Å²) in [4.78, 5) is 0. The van der Waals surface area contributed by atoms with Crippen molar-refractivity contribution < 1.29 is 4.74 Å². The summed E-state index contributed by atoms with van der Waals surface area (Å²) in [5.41, 5.74) is -0.474. The molecule has 1 aliphatic rings. The zero-order chi connectivity index (χ0) is 12.9. The molecule has 3 heteroatoms. The lowest BCUT2D eigenvalue weighted by atomic mass is 9.81. The Balaban J connectivity index is 2.60. The van der Waals surface area contributed by atoms with E-state index in [1.165, 1.54) is 0 Å². The molecule has 0 aromatic carbocycles. The quantitative estimate of drug-likeness (QED) is 0.819. The van der Waals surface area contributed by atoms with Gasteiger partial charge in [0.15, 0.2) is 0 Å². The van der Waals surface area contributed by atoms with Crippen molar-refractivity contribution in [3.63, 3.8) is 0 Å². The summed E-state index contributed by atoms with van der Waals surface area (Å²) in [6, 6.07) is 2.48. The topological polar surface area (TPSA) is 45.0 Å². The van der Waals surface area contributed by atoms with Gasteiger partial charge in [-0.25, -0.2) is 0 Å². The molecule has 0 bridgehead atoms. The minimum Gasteiger partial charge on any atom is -0.373 e. The first kappa shape index (κ1) is 14.5. The maximum Gasteiger partial charge on any atom is 0.109 e. The van der Waals surface area contributed by atoms with Crippen molar-refractivity contribution in [2.45, 2.75) is 77.0 Å². The second kappa shape index (κ2) is 5.84. The van der Waals surface area contributed by atoms with Crippen molar-refractivity contribution in [2.24, 2.45) is 0 Å². The van der Waals surface area contributed by atoms with Gasteiger partial charge in [0.2, 0.25) is 0 Å². The molecule has 0 aliphatic heterocycles. The maximum absolute atomic E-state index is 9.42. The van der Waals surface area contributed by atoms with E-state index in [-0.39, 0.29) is 17.2 Å². The van der Waals surface area contributed by atoms with Gasteiger partial charge in [-0.05, 0) is 53.0 Å². The Hall–Kier alpha value is -0.590. The zero-order valence-corrected chi connectivity index (χ0v) is 11.7. The van der Waals surface area contributed by atoms with Crippen LogP contribution in [0.5, 0.6) is 0 Å². The molecular formula is C14H26N2O. The molecule has 1 fully saturated rings. The van der Waals surface area contributed by atoms with Crippen LogP contribution in [0, 0.1) is 11.3 Å². The second-order valence-corrected chi connectivity index (χ2v) is 6.07. The van der Waals surface area contributed by atoms with Crippen LogP contribution in [0.15, 0.2) is 0 Å². The molecule has 98 valence electrons. The van der Waals surface area contributed by atoms with Crippen molar-refractivity contribution in [1.82, 2.24) is 5.32 Å². The van der Waals surface area contributed by atoms with Crippen LogP contribution in [0.2, 0.25) is 0 Å². The van der Waals surface area contributed by atoms with E-state index in [1.807, 2.05) is 0 Å². The van der Waals surface area contributed by atoms with Crippen LogP contribution in [-0.2, 0) is 4.74 Å². The van der Waals surface area contributed by atoms with E-state index in [4.69, 9.17) is 4.74 Å². The predicted molar refractivity (Wildman–Crippen MR) is 69.7 cm³/mol. The molecule has 0 aromatic heterocycles. The summed E-state index contributed by atoms with van der Waals surface area (Å²) >= 11 is 0. The van der Waals surface area contributed by atoms with E-state index in [1.54, 1.807) is 0 Å². The van der Waals surface area contributed by atoms with Crippen LogP contribution in [-0.4, -0.2) is 23.8 Å². The molecule has 0 aromatic rings. The van der Waals surface area contributed by atoms with Gasteiger partial charge in [0.1, 0.15) is 5.54 Å². The highest BCUT2D eigenvalue weighted by molar-refractivity contribution is 5.10. The van der Waals surface area contributed by atoms with Crippen LogP contribution in [0.3, 0.4) is 0 Å². The summed E-state index contributed by atoms with van der Waals surface area (Å²) in [5.74, 6) is 0. The monoisotopic (exact) mass is 238 g/mol. The molecule has 0 heterocycles. The van der Waals surface area contributed by atoms with Gasteiger partial charge in [-0.3, -0.25) is 5.32 Å². The van der Waals surface area contributed by atoms with Crippen LogP contribution < -0.4 is 5.32 Å². The SMILES string of the molecule is CCCNC1(C#N)CCCC(OC(C)(C)C)C1. The summed E-state index contributed by atoms with van der Waals surface area (Å²) in [7, 11) is 0. The molecule has 0 amide bonds. The van der Waals surface area contributed by atoms with Gasteiger partial charge in [0.05, 0.1) is 17.8 Å². The Morgan fingerprint density at radius 1 is 1.47 bits per heavy atom. The van der Waals surface area contributed by atoms with Crippen molar-refractivity contribution in [3.05, 3.63) is 0 Å². The van der Waals surface area contributed by atoms with Crippen molar-refractivity contribution in [3.8, 4) is 6.07 Å². The largest absolute Gasteiger partial charge is 0.373 e. The van der Waals surface area contributed by atoms with Crippen LogP contribution >= 0.6 is 0 Å². The fraction of sp³-hybridized carbons (Fsp3) is 0.929. The fourth-order valence-corrected chi connectivity index (χ4v) is 2.49. The normalized spacial score (nSPS) is 29.9. The molecule has 2 unspecified atom stereocenters. The third-order valence-electron chi connectivity index (χ3n) is 3.15. The number of hydrogen-bond donors (Lipinski definition) is 1. The zero-order valence-electron chi connectivity index (χ0n) is 11.7. The Kier molecular flexibility index (Phi) is 4.97. The van der Waals surface area contributed by atoms with E-state index in [0.717, 1.165) is 38.6 Å². The van der Waals surface area contributed by atoms with Crippen molar-refractivity contribution in [1.29, 1.82) is 5.26 Å². The van der Waals surface area contributed by atoms with Crippen molar-refractivity contribution in [2.75, 3.05) is 6.54 Å². The molecule has 1 rings (SSSR count). The third kappa shape index (κ3) is 4.65. The van der Waals surface area contributed by atoms with Gasteiger partial charge >= 0.3 is 0 Å². The number of rotatable bonds is 4. The molecule has 1 N–H and O–H groups in total. The molecule has 2 atom stereocenters. The highest BCUT2D eigenvalue weighted by atomic mass is 16.5. The average molecular weight is 238 g/mol. The number of nitrogens with one attached hydrogen (secondary N) is 1. The Bertz CT molecular complexity index is 277. The second-order valence-electron chi connectivity index (χ2n) is 6.07. The lowest BCUT2D eigenvalue weighted by Crippen LogP contribution is -2.50. The highest BCUT2D eigenvalue weighted by Crippen LogP contribution is 2.31. The third-order valence-corrected chi connectivity index (χ3v) is 3.15. The first-order valence-electron chi connectivity index (χ1n) is 6.75. The highest BCUT2D eigenvalue weighted by Gasteiger charge is 2.37. The van der Waals surface area contributed by atoms with Crippen LogP contribution in [0.4, 0.5) is 0 Å². The minimum absolute atomic E-state index is 0.117. The van der Waals surface area contributed by atoms with Gasteiger partial charge in [0.25, 0.3) is 0 Å². The smallest absolute Gasteiger partial charge is 0.109 e. The minimum atomic E-state index is -0.357. The van der Waals surface area contributed by atoms with Gasteiger partial charge < -0.3 is 4.74 Å². The van der Waals surface area contributed by atoms with Crippen LogP contribution in [0.1, 0.15) is 59.8 Å². The summed E-state index contributed by atoms with van der Waals surface area (Å²) < 4.78 is 6.02. The maximum atomic E-state index is 9.42. The van der Waals surface area contributed by atoms with Gasteiger partial charge in [0, 0.05) is 6.42 Å². The molecular weight excluding hydrogens is 212 g/mol. The number of nitrogens with zero attached hydrogens (tertiary/aromatic N) is 1. The number of hydrogen-bond acceptors (Lipinski definition) is 3. The van der Waals surface area contributed by atoms with E-state index >= 15 is 0 Å². The van der Waals surface area contributed by atoms with Gasteiger partial charge in [-0.2, -0.15) is 5.26 Å². The molecule has 1 saturated carbocycles. The van der Waals surface area contributed by atoms with Gasteiger partial charge in [-0.15, -0.1) is 0 Å². The van der Waals surface area contributed by atoms with Crippen LogP contribution in [0.25, 0.3) is 0 Å². The lowest BCUT2D eigenvalue weighted by molar-refractivity contribution is -0.0828. The molecule has 0 radical (unpaired) electrons. The lowest BCUT2D eigenvalue weighted by Gasteiger charge is -2.39. The van der Waals surface area contributed by atoms with Gasteiger partial charge in [-0.1, -0.05) is 6.92 Å². The van der Waals surface area contributed by atoms with Crippen molar-refractivity contribution >= 4 is 0 Å². The first-order valence-corrected chi connectivity index (χ1v) is 6.75. The number of ether oxygens (including phenoxy) is 1. The number of nitriles is 1. The molecule has 1 aliphatic carbocycles. The fourth-order valence-electron chi connectivity index (χ4n) is 2.49. The summed E-state index contributed by atoms with van der Waals surface area (Å²) in [6.45, 7) is 9.28. The predicted octanol–water partition coefficient (Wildman–Crippen LogP) is 3.01. The Morgan fingerprint density at radius 2 is 2.18 bits per heavy atom. The Labute approximate surface area is 106 Å². The van der Waals surface area contributed by atoms with E-state index in [0.29, 0.717) is 0 Å². The first-order chi connectivity index (χ1) is 7.91. The van der Waals surface area contributed by atoms with E-state index in [2.05, 4.69) is 39.1 Å². The molecule has 17 heavy (non-hydrogen) atoms. The standard InChI is InChI=1S/C14H26N2O/c1-5-9-16-14(11-15)8-6-7-12(10-14)17-13(2,3)4/h12,16H,5-10H2,1-4H3. The molecule has 0 spiro atoms. The summed E-state index contributed by atoms with van der Waals surface area (Å²) in [5, 5.41) is 12.8. The molecule has 3 nitrogen and oxygen atoms in total. The average Bonchev–Trinajstić information content (AvgIpc) is 2.24.